The predicted molar refractivity (Wildman–Crippen MR) is 126 cm³/mol. The monoisotopic (exact) mass is 405 g/mol. The molecule has 3 nitrogen and oxygen atoms in total. The summed E-state index contributed by atoms with van der Waals surface area (Å²) in [6, 6.07) is 4.38. The first-order valence-corrected chi connectivity index (χ1v) is 11.4. The van der Waals surface area contributed by atoms with Crippen LogP contribution in [0.15, 0.2) is 43.0 Å². The van der Waals surface area contributed by atoms with Gasteiger partial charge in [-0.3, -0.25) is 9.59 Å². The fourth-order valence-electron chi connectivity index (χ4n) is 5.29. The van der Waals surface area contributed by atoms with E-state index in [9.17, 15) is 9.59 Å². The van der Waals surface area contributed by atoms with Gasteiger partial charge in [-0.25, -0.2) is 0 Å². The van der Waals surface area contributed by atoms with Gasteiger partial charge in [0.25, 0.3) is 0 Å². The van der Waals surface area contributed by atoms with Crippen LogP contribution in [-0.2, 0) is 15.0 Å². The van der Waals surface area contributed by atoms with Crippen LogP contribution in [0.1, 0.15) is 81.9 Å². The maximum Gasteiger partial charge on any atom is 0.238 e. The average Bonchev–Trinajstić information content (AvgIpc) is 2.82. The summed E-state index contributed by atoms with van der Waals surface area (Å²) in [7, 11) is 0. The largest absolute Gasteiger partial charge is 0.312 e. The molecule has 2 aliphatic rings. The predicted octanol–water partition coefficient (Wildman–Crippen LogP) is 6.45. The number of ketones is 1. The molecule has 0 aromatic heterocycles. The second-order valence-electron chi connectivity index (χ2n) is 8.64. The van der Waals surface area contributed by atoms with E-state index in [1.54, 1.807) is 0 Å². The number of aryl methyl sites for hydroxylation is 1. The van der Waals surface area contributed by atoms with E-state index in [2.05, 4.69) is 39.1 Å². The van der Waals surface area contributed by atoms with Crippen LogP contribution in [0.2, 0.25) is 0 Å². The number of carbonyl (C=O) groups is 2. The van der Waals surface area contributed by atoms with Crippen LogP contribution in [0.3, 0.4) is 0 Å². The molecule has 1 aliphatic heterocycles. The minimum absolute atomic E-state index is 0.135. The Morgan fingerprint density at radius 1 is 1.07 bits per heavy atom. The van der Waals surface area contributed by atoms with E-state index in [-0.39, 0.29) is 5.91 Å². The zero-order valence-electron chi connectivity index (χ0n) is 18.9. The number of anilines is 1. The highest BCUT2D eigenvalue weighted by atomic mass is 16.2. The Bertz CT molecular complexity index is 896. The lowest BCUT2D eigenvalue weighted by atomic mass is 9.74. The SMILES string of the molecule is C=CCC1(CC=C)C(=O)N(CC)c2cc(C3=C(CCC)C(=O)CCCC3)c(C)cc21. The van der Waals surface area contributed by atoms with Crippen molar-refractivity contribution in [3.05, 3.63) is 59.7 Å². The van der Waals surface area contributed by atoms with Crippen molar-refractivity contribution in [3.8, 4) is 0 Å². The van der Waals surface area contributed by atoms with E-state index in [4.69, 9.17) is 0 Å². The normalized spacial score (nSPS) is 18.4. The van der Waals surface area contributed by atoms with E-state index in [1.807, 2.05) is 24.0 Å². The van der Waals surface area contributed by atoms with E-state index >= 15 is 0 Å². The summed E-state index contributed by atoms with van der Waals surface area (Å²) in [4.78, 5) is 28.3. The number of hydrogen-bond acceptors (Lipinski definition) is 2. The molecule has 0 bridgehead atoms. The lowest BCUT2D eigenvalue weighted by Crippen LogP contribution is -2.39. The molecule has 1 amide bonds. The van der Waals surface area contributed by atoms with Crippen molar-refractivity contribution in [2.45, 2.75) is 77.6 Å². The number of Topliss-reactive ketones (excluding diaryl/α,β-unsaturated/α-hetero) is 1. The summed E-state index contributed by atoms with van der Waals surface area (Å²) in [5.74, 6) is 0.441. The molecule has 0 spiro atoms. The van der Waals surface area contributed by atoms with E-state index in [0.717, 1.165) is 60.1 Å². The molecule has 1 aliphatic carbocycles. The van der Waals surface area contributed by atoms with E-state index in [1.165, 1.54) is 5.57 Å². The highest BCUT2D eigenvalue weighted by Crippen LogP contribution is 2.49. The number of carbonyl (C=O) groups excluding carboxylic acids is 2. The van der Waals surface area contributed by atoms with E-state index < -0.39 is 5.41 Å². The van der Waals surface area contributed by atoms with Gasteiger partial charge in [0, 0.05) is 18.7 Å². The number of benzene rings is 1. The van der Waals surface area contributed by atoms with Crippen molar-refractivity contribution in [2.24, 2.45) is 0 Å². The summed E-state index contributed by atoms with van der Waals surface area (Å²) < 4.78 is 0. The zero-order valence-corrected chi connectivity index (χ0v) is 18.9. The van der Waals surface area contributed by atoms with Crippen molar-refractivity contribution in [1.29, 1.82) is 0 Å². The highest BCUT2D eigenvalue weighted by molar-refractivity contribution is 6.09. The minimum atomic E-state index is -0.613. The van der Waals surface area contributed by atoms with Crippen LogP contribution in [0.5, 0.6) is 0 Å². The number of fused-ring (bicyclic) bond motifs is 1. The summed E-state index contributed by atoms with van der Waals surface area (Å²) in [5, 5.41) is 0. The first kappa shape index (κ1) is 22.3. The summed E-state index contributed by atoms with van der Waals surface area (Å²) >= 11 is 0. The molecule has 1 aromatic carbocycles. The maximum atomic E-state index is 13.5. The first-order valence-electron chi connectivity index (χ1n) is 11.4. The number of amides is 1. The van der Waals surface area contributed by atoms with Crippen LogP contribution < -0.4 is 4.90 Å². The molecule has 30 heavy (non-hydrogen) atoms. The standard InChI is InChI=1S/C27H35NO2/c1-6-12-21-20(13-10-11-14-25(21)29)22-18-24-23(17-19(22)5)27(15-7-2,16-8-3)26(30)28(24)9-4/h7-8,17-18H,2-3,6,9-16H2,1,4-5H3. The van der Waals surface area contributed by atoms with Crippen LogP contribution >= 0.6 is 0 Å². The Kier molecular flexibility index (Phi) is 6.80. The summed E-state index contributed by atoms with van der Waals surface area (Å²) in [6.45, 7) is 14.7. The molecule has 160 valence electrons. The number of likely N-dealkylation sites (N-methyl/N-ethyl adjacent to an activating group) is 1. The second-order valence-corrected chi connectivity index (χ2v) is 8.64. The molecule has 0 fully saturated rings. The van der Waals surface area contributed by atoms with Crippen molar-refractivity contribution < 1.29 is 9.59 Å². The molecule has 3 heteroatoms. The average molecular weight is 406 g/mol. The fraction of sp³-hybridized carbons (Fsp3) is 0.481. The molecule has 1 aromatic rings. The van der Waals surface area contributed by atoms with Gasteiger partial charge in [0.05, 0.1) is 5.41 Å². The van der Waals surface area contributed by atoms with Crippen molar-refractivity contribution in [1.82, 2.24) is 0 Å². The van der Waals surface area contributed by atoms with Gasteiger partial charge in [0.1, 0.15) is 0 Å². The minimum Gasteiger partial charge on any atom is -0.312 e. The Morgan fingerprint density at radius 2 is 1.73 bits per heavy atom. The molecule has 0 N–H and O–H groups in total. The van der Waals surface area contributed by atoms with Gasteiger partial charge >= 0.3 is 0 Å². The van der Waals surface area contributed by atoms with Crippen molar-refractivity contribution >= 4 is 23.0 Å². The third kappa shape index (κ3) is 3.59. The van der Waals surface area contributed by atoms with Crippen LogP contribution in [0.4, 0.5) is 5.69 Å². The Morgan fingerprint density at radius 3 is 2.33 bits per heavy atom. The Balaban J connectivity index is 2.25. The van der Waals surface area contributed by atoms with Gasteiger partial charge in [-0.2, -0.15) is 0 Å². The second kappa shape index (κ2) is 9.16. The molecule has 0 atom stereocenters. The Labute approximate surface area is 181 Å². The van der Waals surface area contributed by atoms with Gasteiger partial charge in [0.15, 0.2) is 5.78 Å². The number of hydrogen-bond donors (Lipinski definition) is 0. The summed E-state index contributed by atoms with van der Waals surface area (Å²) in [6.07, 6.45) is 10.3. The van der Waals surface area contributed by atoms with Gasteiger partial charge in [-0.05, 0) is 86.3 Å². The lowest BCUT2D eigenvalue weighted by Gasteiger charge is -2.26. The Hall–Kier alpha value is -2.42. The third-order valence-electron chi connectivity index (χ3n) is 6.71. The fourth-order valence-corrected chi connectivity index (χ4v) is 5.29. The number of nitrogens with zero attached hydrogens (tertiary/aromatic N) is 1. The number of rotatable bonds is 8. The number of allylic oxidation sites excluding steroid dienone is 4. The van der Waals surface area contributed by atoms with Gasteiger partial charge in [-0.15, -0.1) is 13.2 Å². The molecule has 0 saturated carbocycles. The highest BCUT2D eigenvalue weighted by Gasteiger charge is 2.49. The summed E-state index contributed by atoms with van der Waals surface area (Å²) in [5.41, 5.74) is 5.96. The van der Waals surface area contributed by atoms with Gasteiger partial charge in [-0.1, -0.05) is 31.6 Å². The molecule has 3 rings (SSSR count). The molecule has 0 radical (unpaired) electrons. The smallest absolute Gasteiger partial charge is 0.238 e. The quantitative estimate of drug-likeness (QED) is 0.466. The zero-order chi connectivity index (χ0) is 21.9. The van der Waals surface area contributed by atoms with Gasteiger partial charge < -0.3 is 4.90 Å². The first-order chi connectivity index (χ1) is 14.4. The molecule has 0 unspecified atom stereocenters. The van der Waals surface area contributed by atoms with Crippen LogP contribution in [0, 0.1) is 6.92 Å². The topological polar surface area (TPSA) is 37.4 Å². The maximum absolute atomic E-state index is 13.5. The van der Waals surface area contributed by atoms with Crippen molar-refractivity contribution in [2.75, 3.05) is 11.4 Å². The molecule has 1 heterocycles. The molecular weight excluding hydrogens is 370 g/mol. The van der Waals surface area contributed by atoms with Crippen LogP contribution in [-0.4, -0.2) is 18.2 Å². The van der Waals surface area contributed by atoms with E-state index in [0.29, 0.717) is 31.6 Å². The molecule has 0 saturated heterocycles. The van der Waals surface area contributed by atoms with Crippen LogP contribution in [0.25, 0.3) is 5.57 Å². The van der Waals surface area contributed by atoms with Gasteiger partial charge in [0.2, 0.25) is 5.91 Å². The van der Waals surface area contributed by atoms with Crippen molar-refractivity contribution in [3.63, 3.8) is 0 Å². The lowest BCUT2D eigenvalue weighted by molar-refractivity contribution is -0.123. The third-order valence-corrected chi connectivity index (χ3v) is 6.71. The molecular formula is C27H35NO2.